The van der Waals surface area contributed by atoms with Crippen LogP contribution in [0.25, 0.3) is 0 Å². The van der Waals surface area contributed by atoms with Crippen molar-refractivity contribution in [3.05, 3.63) is 35.9 Å². The van der Waals surface area contributed by atoms with Gasteiger partial charge in [-0.2, -0.15) is 0 Å². The summed E-state index contributed by atoms with van der Waals surface area (Å²) in [5.74, 6) is 0.252. The van der Waals surface area contributed by atoms with E-state index >= 15 is 0 Å². The number of thioether (sulfide) groups is 1. The highest BCUT2D eigenvalue weighted by molar-refractivity contribution is 8.01. The van der Waals surface area contributed by atoms with E-state index < -0.39 is 0 Å². The molecule has 3 heteroatoms. The minimum Gasteiger partial charge on any atom is -0.457 e. The highest BCUT2D eigenvalue weighted by Crippen LogP contribution is 2.24. The Morgan fingerprint density at radius 2 is 1.88 bits per heavy atom. The van der Waals surface area contributed by atoms with Crippen LogP contribution in [-0.4, -0.2) is 16.5 Å². The molecular weight excluding hydrogens is 232 g/mol. The maximum Gasteiger partial charge on any atom is 0.316 e. The van der Waals surface area contributed by atoms with Gasteiger partial charge in [0.25, 0.3) is 0 Å². The van der Waals surface area contributed by atoms with Crippen molar-refractivity contribution in [1.29, 1.82) is 0 Å². The summed E-state index contributed by atoms with van der Waals surface area (Å²) in [5.41, 5.74) is 1.03. The molecular formula is C14H20O2S. The van der Waals surface area contributed by atoms with Crippen LogP contribution in [-0.2, 0) is 9.53 Å². The molecule has 0 saturated heterocycles. The summed E-state index contributed by atoms with van der Waals surface area (Å²) in [6.45, 7) is 8.16. The molecule has 0 saturated carbocycles. The number of esters is 1. The molecule has 0 heterocycles. The van der Waals surface area contributed by atoms with Crippen molar-refractivity contribution in [2.24, 2.45) is 0 Å². The normalized spacial score (nSPS) is 13.2. The van der Waals surface area contributed by atoms with Crippen LogP contribution in [0, 0.1) is 0 Å². The molecule has 0 amide bonds. The highest BCUT2D eigenvalue weighted by atomic mass is 32.2. The van der Waals surface area contributed by atoms with Gasteiger partial charge in [0.15, 0.2) is 0 Å². The maximum absolute atomic E-state index is 11.6. The van der Waals surface area contributed by atoms with Gasteiger partial charge in [0.1, 0.15) is 6.10 Å². The first-order valence-electron chi connectivity index (χ1n) is 5.77. The second-order valence-electron chi connectivity index (χ2n) is 4.94. The van der Waals surface area contributed by atoms with Crippen molar-refractivity contribution in [2.45, 2.75) is 38.5 Å². The van der Waals surface area contributed by atoms with Crippen molar-refractivity contribution < 1.29 is 9.53 Å². The molecule has 0 spiro atoms. The predicted octanol–water partition coefficient (Wildman–Crippen LogP) is 3.82. The van der Waals surface area contributed by atoms with Gasteiger partial charge >= 0.3 is 5.97 Å². The quantitative estimate of drug-likeness (QED) is 0.762. The summed E-state index contributed by atoms with van der Waals surface area (Å²) in [6, 6.07) is 9.78. The lowest BCUT2D eigenvalue weighted by atomic mass is 10.1. The largest absolute Gasteiger partial charge is 0.457 e. The number of rotatable bonds is 4. The monoisotopic (exact) mass is 252 g/mol. The van der Waals surface area contributed by atoms with E-state index in [2.05, 4.69) is 20.8 Å². The molecule has 94 valence electrons. The summed E-state index contributed by atoms with van der Waals surface area (Å²) < 4.78 is 5.46. The molecule has 0 aromatic heterocycles. The van der Waals surface area contributed by atoms with Gasteiger partial charge in [-0.1, -0.05) is 51.1 Å². The molecule has 1 atom stereocenters. The van der Waals surface area contributed by atoms with Crippen LogP contribution in [0.5, 0.6) is 0 Å². The lowest BCUT2D eigenvalue weighted by Gasteiger charge is -2.18. The van der Waals surface area contributed by atoms with Crippen molar-refractivity contribution in [3.63, 3.8) is 0 Å². The molecule has 0 bridgehead atoms. The molecule has 1 unspecified atom stereocenters. The van der Waals surface area contributed by atoms with Crippen LogP contribution < -0.4 is 0 Å². The maximum atomic E-state index is 11.6. The molecule has 0 aliphatic rings. The summed E-state index contributed by atoms with van der Waals surface area (Å²) >= 11 is 1.60. The Balaban J connectivity index is 2.42. The number of carbonyl (C=O) groups is 1. The van der Waals surface area contributed by atoms with Gasteiger partial charge in [-0.15, -0.1) is 11.8 Å². The fraction of sp³-hybridized carbons (Fsp3) is 0.500. The Morgan fingerprint density at radius 1 is 1.29 bits per heavy atom. The van der Waals surface area contributed by atoms with E-state index in [0.717, 1.165) is 5.56 Å². The van der Waals surface area contributed by atoms with Crippen LogP contribution in [0.4, 0.5) is 0 Å². The Morgan fingerprint density at radius 3 is 2.41 bits per heavy atom. The predicted molar refractivity (Wildman–Crippen MR) is 73.2 cm³/mol. The molecule has 2 nitrogen and oxygen atoms in total. The average molecular weight is 252 g/mol. The van der Waals surface area contributed by atoms with Gasteiger partial charge in [0.2, 0.25) is 0 Å². The SMILES string of the molecule is CC(OC(=O)CSC(C)(C)C)c1ccccc1. The number of carbonyl (C=O) groups excluding carboxylic acids is 1. The van der Waals surface area contributed by atoms with Crippen LogP contribution >= 0.6 is 11.8 Å². The molecule has 0 fully saturated rings. The first kappa shape index (κ1) is 14.1. The minimum atomic E-state index is -0.177. The van der Waals surface area contributed by atoms with Crippen LogP contribution in [0.15, 0.2) is 30.3 Å². The van der Waals surface area contributed by atoms with Gasteiger partial charge in [-0.05, 0) is 12.5 Å². The van der Waals surface area contributed by atoms with E-state index in [1.165, 1.54) is 0 Å². The minimum absolute atomic E-state index is 0.0923. The third-order valence-electron chi connectivity index (χ3n) is 2.20. The summed E-state index contributed by atoms with van der Waals surface area (Å²) in [6.07, 6.45) is -0.177. The van der Waals surface area contributed by atoms with E-state index in [9.17, 15) is 4.79 Å². The van der Waals surface area contributed by atoms with Gasteiger partial charge in [0.05, 0.1) is 5.75 Å². The Labute approximate surface area is 108 Å². The van der Waals surface area contributed by atoms with E-state index in [0.29, 0.717) is 5.75 Å². The zero-order valence-electron chi connectivity index (χ0n) is 10.9. The molecule has 0 aliphatic heterocycles. The van der Waals surface area contributed by atoms with Gasteiger partial charge in [-0.25, -0.2) is 0 Å². The first-order valence-corrected chi connectivity index (χ1v) is 6.75. The van der Waals surface area contributed by atoms with Gasteiger partial charge in [0, 0.05) is 4.75 Å². The Bertz CT molecular complexity index is 354. The van der Waals surface area contributed by atoms with Gasteiger partial charge < -0.3 is 4.74 Å². The Kier molecular flexibility index (Phi) is 5.06. The Hall–Kier alpha value is -0.960. The first-order chi connectivity index (χ1) is 7.88. The summed E-state index contributed by atoms with van der Waals surface area (Å²) in [5, 5.41) is 0. The smallest absolute Gasteiger partial charge is 0.316 e. The zero-order valence-corrected chi connectivity index (χ0v) is 11.7. The van der Waals surface area contributed by atoms with Crippen molar-refractivity contribution in [1.82, 2.24) is 0 Å². The lowest BCUT2D eigenvalue weighted by Crippen LogP contribution is -2.16. The molecule has 1 rings (SSSR count). The van der Waals surface area contributed by atoms with E-state index in [1.54, 1.807) is 11.8 Å². The third kappa shape index (κ3) is 5.78. The molecule has 1 aromatic rings. The average Bonchev–Trinajstić information content (AvgIpc) is 2.27. The summed E-state index contributed by atoms with van der Waals surface area (Å²) in [4.78, 5) is 11.6. The van der Waals surface area contributed by atoms with Crippen molar-refractivity contribution in [2.75, 3.05) is 5.75 Å². The molecule has 0 N–H and O–H groups in total. The van der Waals surface area contributed by atoms with Crippen LogP contribution in [0.2, 0.25) is 0 Å². The fourth-order valence-corrected chi connectivity index (χ4v) is 1.92. The van der Waals surface area contributed by atoms with Crippen molar-refractivity contribution >= 4 is 17.7 Å². The zero-order chi connectivity index (χ0) is 12.9. The molecule has 0 aliphatic carbocycles. The standard InChI is InChI=1S/C14H20O2S/c1-11(12-8-6-5-7-9-12)16-13(15)10-17-14(2,3)4/h5-9,11H,10H2,1-4H3. The van der Waals surface area contributed by atoms with Crippen molar-refractivity contribution in [3.8, 4) is 0 Å². The van der Waals surface area contributed by atoms with Crippen LogP contribution in [0.1, 0.15) is 39.4 Å². The topological polar surface area (TPSA) is 26.3 Å². The second-order valence-corrected chi connectivity index (χ2v) is 6.75. The summed E-state index contributed by atoms with van der Waals surface area (Å²) in [7, 11) is 0. The number of hydrogen-bond donors (Lipinski definition) is 0. The van der Waals surface area contributed by atoms with Gasteiger partial charge in [-0.3, -0.25) is 4.79 Å². The lowest BCUT2D eigenvalue weighted by molar-refractivity contribution is -0.145. The molecule has 0 radical (unpaired) electrons. The van der Waals surface area contributed by atoms with E-state index in [-0.39, 0.29) is 16.8 Å². The highest BCUT2D eigenvalue weighted by Gasteiger charge is 2.16. The van der Waals surface area contributed by atoms with E-state index in [1.807, 2.05) is 37.3 Å². The number of ether oxygens (including phenoxy) is 1. The number of benzene rings is 1. The number of hydrogen-bond acceptors (Lipinski definition) is 3. The third-order valence-corrected chi connectivity index (χ3v) is 3.45. The van der Waals surface area contributed by atoms with E-state index in [4.69, 9.17) is 4.74 Å². The second kappa shape index (κ2) is 6.10. The molecule has 1 aromatic carbocycles. The fourth-order valence-electron chi connectivity index (χ4n) is 1.30. The van der Waals surface area contributed by atoms with Crippen LogP contribution in [0.3, 0.4) is 0 Å². The molecule has 17 heavy (non-hydrogen) atoms.